The maximum atomic E-state index is 13.6. The van der Waals surface area contributed by atoms with Crippen molar-refractivity contribution in [1.29, 1.82) is 5.26 Å². The summed E-state index contributed by atoms with van der Waals surface area (Å²) in [6, 6.07) is 15.6. The number of nitrogens with one attached hydrogen (secondary N) is 1. The summed E-state index contributed by atoms with van der Waals surface area (Å²) >= 11 is 12.1. The maximum Gasteiger partial charge on any atom is 0.266 e. The molecule has 3 rings (SSSR count). The van der Waals surface area contributed by atoms with Crippen LogP contribution in [0.3, 0.4) is 0 Å². The minimum Gasteiger partial charge on any atom is -0.457 e. The summed E-state index contributed by atoms with van der Waals surface area (Å²) in [5, 5.41) is 12.5. The molecule has 0 bridgehead atoms. The summed E-state index contributed by atoms with van der Waals surface area (Å²) in [5.41, 5.74) is 0.323. The number of para-hydroxylation sites is 1. The van der Waals surface area contributed by atoms with E-state index in [9.17, 15) is 14.4 Å². The highest BCUT2D eigenvalue weighted by molar-refractivity contribution is 6.35. The molecule has 1 heterocycles. The number of hydrogen-bond donors (Lipinski definition) is 1. The van der Waals surface area contributed by atoms with Gasteiger partial charge in [0.25, 0.3) is 5.91 Å². The fourth-order valence-corrected chi connectivity index (χ4v) is 2.69. The van der Waals surface area contributed by atoms with E-state index in [0.29, 0.717) is 21.4 Å². The zero-order valence-electron chi connectivity index (χ0n) is 13.7. The molecule has 2 aromatic carbocycles. The van der Waals surface area contributed by atoms with Gasteiger partial charge in [-0.15, -0.1) is 0 Å². The Kier molecular flexibility index (Phi) is 5.60. The molecule has 4 nitrogen and oxygen atoms in total. The van der Waals surface area contributed by atoms with Crippen LogP contribution in [-0.4, -0.2) is 5.91 Å². The fourth-order valence-electron chi connectivity index (χ4n) is 2.30. The molecule has 134 valence electrons. The molecular formula is C20H11Cl2FN2O2. The molecule has 0 atom stereocenters. The Morgan fingerprint density at radius 3 is 2.67 bits per heavy atom. The van der Waals surface area contributed by atoms with E-state index in [4.69, 9.17) is 27.6 Å². The fraction of sp³-hybridized carbons (Fsp3) is 0. The Morgan fingerprint density at radius 1 is 1.15 bits per heavy atom. The number of hydrogen-bond acceptors (Lipinski definition) is 3. The molecule has 0 aliphatic carbocycles. The molecule has 0 radical (unpaired) electrons. The van der Waals surface area contributed by atoms with Crippen LogP contribution >= 0.6 is 23.2 Å². The number of carbonyl (C=O) groups excluding carboxylic acids is 1. The van der Waals surface area contributed by atoms with Gasteiger partial charge in [-0.05, 0) is 42.5 Å². The summed E-state index contributed by atoms with van der Waals surface area (Å²) in [7, 11) is 0. The molecule has 0 saturated carbocycles. The number of furan rings is 1. The highest BCUT2D eigenvalue weighted by Gasteiger charge is 2.14. The average Bonchev–Trinajstić information content (AvgIpc) is 3.12. The first kappa shape index (κ1) is 18.7. The Labute approximate surface area is 164 Å². The third-order valence-corrected chi connectivity index (χ3v) is 4.16. The Hall–Kier alpha value is -3.07. The van der Waals surface area contributed by atoms with Crippen molar-refractivity contribution < 1.29 is 13.6 Å². The van der Waals surface area contributed by atoms with Crippen molar-refractivity contribution in [3.63, 3.8) is 0 Å². The van der Waals surface area contributed by atoms with Gasteiger partial charge in [0.05, 0.1) is 10.7 Å². The number of benzene rings is 2. The first-order valence-electron chi connectivity index (χ1n) is 7.71. The molecule has 0 spiro atoms. The van der Waals surface area contributed by atoms with E-state index in [0.717, 1.165) is 0 Å². The van der Waals surface area contributed by atoms with Crippen LogP contribution in [0.2, 0.25) is 10.0 Å². The van der Waals surface area contributed by atoms with Gasteiger partial charge in [0.15, 0.2) is 0 Å². The molecule has 0 saturated heterocycles. The van der Waals surface area contributed by atoms with Gasteiger partial charge in [0.1, 0.15) is 29.0 Å². The standard InChI is InChI=1S/C20H11Cl2FN2O2/c21-13-5-7-16(22)15(10-13)19-8-6-14(27-19)9-12(11-24)20(26)25-18-4-2-1-3-17(18)23/h1-10H,(H,25,26). The second kappa shape index (κ2) is 8.09. The minimum atomic E-state index is -0.749. The number of amides is 1. The van der Waals surface area contributed by atoms with Crippen LogP contribution in [0.15, 0.2) is 64.6 Å². The predicted octanol–water partition coefficient (Wildman–Crippen LogP) is 5.94. The molecule has 0 aliphatic heterocycles. The molecule has 27 heavy (non-hydrogen) atoms. The van der Waals surface area contributed by atoms with Gasteiger partial charge in [-0.3, -0.25) is 4.79 Å². The first-order chi connectivity index (χ1) is 13.0. The number of rotatable bonds is 4. The van der Waals surface area contributed by atoms with Crippen LogP contribution in [0.25, 0.3) is 17.4 Å². The monoisotopic (exact) mass is 400 g/mol. The Balaban J connectivity index is 1.85. The highest BCUT2D eigenvalue weighted by Crippen LogP contribution is 2.32. The zero-order chi connectivity index (χ0) is 19.4. The van der Waals surface area contributed by atoms with Gasteiger partial charge in [-0.2, -0.15) is 5.26 Å². The molecular weight excluding hydrogens is 390 g/mol. The van der Waals surface area contributed by atoms with Crippen LogP contribution in [0.1, 0.15) is 5.76 Å². The summed E-state index contributed by atoms with van der Waals surface area (Å²) in [5.74, 6) is -0.651. The van der Waals surface area contributed by atoms with Crippen LogP contribution in [-0.2, 0) is 4.79 Å². The molecule has 0 aliphatic rings. The second-order valence-electron chi connectivity index (χ2n) is 5.43. The number of nitriles is 1. The largest absolute Gasteiger partial charge is 0.457 e. The molecule has 1 aromatic heterocycles. The summed E-state index contributed by atoms with van der Waals surface area (Å²) in [6.07, 6.45) is 1.26. The number of carbonyl (C=O) groups is 1. The summed E-state index contributed by atoms with van der Waals surface area (Å²) < 4.78 is 19.3. The van der Waals surface area contributed by atoms with E-state index in [1.165, 1.54) is 24.3 Å². The molecule has 1 amide bonds. The topological polar surface area (TPSA) is 66.0 Å². The van der Waals surface area contributed by atoms with E-state index in [2.05, 4.69) is 5.32 Å². The lowest BCUT2D eigenvalue weighted by molar-refractivity contribution is -0.112. The van der Waals surface area contributed by atoms with Crippen LogP contribution in [0.5, 0.6) is 0 Å². The lowest BCUT2D eigenvalue weighted by atomic mass is 10.2. The van der Waals surface area contributed by atoms with Crippen molar-refractivity contribution in [2.45, 2.75) is 0 Å². The molecule has 3 aromatic rings. The van der Waals surface area contributed by atoms with Gasteiger partial charge in [0, 0.05) is 16.7 Å². The lowest BCUT2D eigenvalue weighted by Crippen LogP contribution is -2.14. The van der Waals surface area contributed by atoms with Crippen molar-refractivity contribution in [3.05, 3.63) is 81.8 Å². The summed E-state index contributed by atoms with van der Waals surface area (Å²) in [4.78, 5) is 12.2. The van der Waals surface area contributed by atoms with Crippen LogP contribution < -0.4 is 5.32 Å². The first-order valence-corrected chi connectivity index (χ1v) is 8.46. The zero-order valence-corrected chi connectivity index (χ0v) is 15.2. The summed E-state index contributed by atoms with van der Waals surface area (Å²) in [6.45, 7) is 0. The van der Waals surface area contributed by atoms with Gasteiger partial charge >= 0.3 is 0 Å². The number of anilines is 1. The normalized spacial score (nSPS) is 11.1. The van der Waals surface area contributed by atoms with Crippen molar-refractivity contribution in [2.75, 3.05) is 5.32 Å². The van der Waals surface area contributed by atoms with E-state index < -0.39 is 11.7 Å². The van der Waals surface area contributed by atoms with Crippen molar-refractivity contribution in [2.24, 2.45) is 0 Å². The average molecular weight is 401 g/mol. The van der Waals surface area contributed by atoms with E-state index in [1.807, 2.05) is 0 Å². The van der Waals surface area contributed by atoms with Crippen molar-refractivity contribution in [1.82, 2.24) is 0 Å². The minimum absolute atomic E-state index is 0.0190. The van der Waals surface area contributed by atoms with Crippen molar-refractivity contribution >= 4 is 40.9 Å². The van der Waals surface area contributed by atoms with E-state index in [1.54, 1.807) is 42.5 Å². The lowest BCUT2D eigenvalue weighted by Gasteiger charge is -2.04. The van der Waals surface area contributed by atoms with Gasteiger partial charge in [-0.1, -0.05) is 35.3 Å². The third kappa shape index (κ3) is 4.37. The van der Waals surface area contributed by atoms with Gasteiger partial charge in [-0.25, -0.2) is 4.39 Å². The van der Waals surface area contributed by atoms with Crippen LogP contribution in [0, 0.1) is 17.1 Å². The predicted molar refractivity (Wildman–Crippen MR) is 103 cm³/mol. The Bertz CT molecular complexity index is 1080. The van der Waals surface area contributed by atoms with Crippen molar-refractivity contribution in [3.8, 4) is 17.4 Å². The van der Waals surface area contributed by atoms with E-state index in [-0.39, 0.29) is 17.0 Å². The number of nitrogens with zero attached hydrogens (tertiary/aromatic N) is 1. The van der Waals surface area contributed by atoms with E-state index >= 15 is 0 Å². The van der Waals surface area contributed by atoms with Crippen LogP contribution in [0.4, 0.5) is 10.1 Å². The second-order valence-corrected chi connectivity index (χ2v) is 6.27. The highest BCUT2D eigenvalue weighted by atomic mass is 35.5. The maximum absolute atomic E-state index is 13.6. The molecule has 0 fully saturated rings. The molecule has 1 N–H and O–H groups in total. The smallest absolute Gasteiger partial charge is 0.266 e. The van der Waals surface area contributed by atoms with Gasteiger partial charge < -0.3 is 9.73 Å². The quantitative estimate of drug-likeness (QED) is 0.435. The third-order valence-electron chi connectivity index (χ3n) is 3.59. The van der Waals surface area contributed by atoms with Gasteiger partial charge in [0.2, 0.25) is 0 Å². The molecule has 7 heteroatoms. The molecule has 0 unspecified atom stereocenters. The number of halogens is 3. The Morgan fingerprint density at radius 2 is 1.93 bits per heavy atom. The SMILES string of the molecule is N#CC(=Cc1ccc(-c2cc(Cl)ccc2Cl)o1)C(=O)Nc1ccccc1F.